The zero-order valence-corrected chi connectivity index (χ0v) is 19.3. The summed E-state index contributed by atoms with van der Waals surface area (Å²) in [4.78, 5) is 19.6. The summed E-state index contributed by atoms with van der Waals surface area (Å²) < 4.78 is 0. The number of nitrogens with two attached hydrogens (primary N) is 1. The molecule has 2 fully saturated rings. The number of nitrogen functional groups attached to an aromatic ring is 1. The maximum Gasteiger partial charge on any atom is 0.255 e. The molecule has 1 aliphatic heterocycles. The Hall–Kier alpha value is -2.11. The fourth-order valence-corrected chi connectivity index (χ4v) is 5.02. The number of aromatic nitrogens is 1. The minimum atomic E-state index is -0.142. The number of benzene rings is 1. The number of nitrogens with one attached hydrogen (secondary N) is 1. The van der Waals surface area contributed by atoms with E-state index in [1.165, 1.54) is 12.8 Å². The Morgan fingerprint density at radius 1 is 1.16 bits per heavy atom. The van der Waals surface area contributed by atoms with E-state index in [4.69, 9.17) is 17.3 Å². The standard InChI is InChI=1S/C25H33ClN4O/c1-16-5-9-21(10-6-16)29-25(31)22-12-20(14-28-24(22)27)18-7-8-19(23(26)13-18)15-30-11-3-4-17(30)2/h7-8,12-14,16-17,21H,3-6,9-11,15H2,1-2H3,(H2,27,28)(H,29,31). The highest BCUT2D eigenvalue weighted by atomic mass is 35.5. The quantitative estimate of drug-likeness (QED) is 0.663. The van der Waals surface area contributed by atoms with E-state index in [2.05, 4.69) is 41.2 Å². The minimum absolute atomic E-state index is 0.142. The van der Waals surface area contributed by atoms with E-state index in [9.17, 15) is 4.79 Å². The molecule has 1 amide bonds. The van der Waals surface area contributed by atoms with Crippen molar-refractivity contribution in [3.8, 4) is 11.1 Å². The molecular formula is C25H33ClN4O. The summed E-state index contributed by atoms with van der Waals surface area (Å²) in [7, 11) is 0. The Kier molecular flexibility index (Phi) is 6.83. The normalized spacial score (nSPS) is 24.3. The van der Waals surface area contributed by atoms with Gasteiger partial charge in [-0.3, -0.25) is 9.69 Å². The zero-order valence-electron chi connectivity index (χ0n) is 18.5. The van der Waals surface area contributed by atoms with Crippen molar-refractivity contribution in [1.29, 1.82) is 0 Å². The first-order valence-electron chi connectivity index (χ1n) is 11.5. The van der Waals surface area contributed by atoms with Crippen molar-refractivity contribution < 1.29 is 4.79 Å². The van der Waals surface area contributed by atoms with Crippen LogP contribution in [-0.4, -0.2) is 34.4 Å². The van der Waals surface area contributed by atoms with Crippen LogP contribution in [0.4, 0.5) is 5.82 Å². The van der Waals surface area contributed by atoms with Gasteiger partial charge >= 0.3 is 0 Å². The van der Waals surface area contributed by atoms with Crippen molar-refractivity contribution in [2.75, 3.05) is 12.3 Å². The molecular weight excluding hydrogens is 408 g/mol. The zero-order chi connectivity index (χ0) is 22.0. The van der Waals surface area contributed by atoms with Gasteiger partial charge in [-0.05, 0) is 81.2 Å². The Balaban J connectivity index is 1.49. The second kappa shape index (κ2) is 9.58. The summed E-state index contributed by atoms with van der Waals surface area (Å²) in [6.45, 7) is 6.54. The van der Waals surface area contributed by atoms with Crippen LogP contribution in [0.5, 0.6) is 0 Å². The van der Waals surface area contributed by atoms with E-state index in [0.717, 1.165) is 66.4 Å². The van der Waals surface area contributed by atoms with Crippen molar-refractivity contribution in [2.45, 2.75) is 71.0 Å². The summed E-state index contributed by atoms with van der Waals surface area (Å²) in [6.07, 6.45) is 8.55. The molecule has 5 nitrogen and oxygen atoms in total. The van der Waals surface area contributed by atoms with Crippen LogP contribution in [0, 0.1) is 5.92 Å². The van der Waals surface area contributed by atoms with E-state index in [0.29, 0.717) is 11.6 Å². The van der Waals surface area contributed by atoms with Gasteiger partial charge in [-0.15, -0.1) is 0 Å². The lowest BCUT2D eigenvalue weighted by Crippen LogP contribution is -2.37. The highest BCUT2D eigenvalue weighted by Crippen LogP contribution is 2.30. The van der Waals surface area contributed by atoms with Gasteiger partial charge in [-0.25, -0.2) is 4.98 Å². The van der Waals surface area contributed by atoms with Crippen LogP contribution >= 0.6 is 11.6 Å². The third-order valence-corrected chi connectivity index (χ3v) is 7.32. The number of rotatable bonds is 5. The summed E-state index contributed by atoms with van der Waals surface area (Å²) in [5, 5.41) is 3.90. The van der Waals surface area contributed by atoms with Crippen molar-refractivity contribution >= 4 is 23.3 Å². The van der Waals surface area contributed by atoms with Gasteiger partial charge in [0, 0.05) is 35.4 Å². The average Bonchev–Trinajstić information content (AvgIpc) is 3.16. The van der Waals surface area contributed by atoms with E-state index in [-0.39, 0.29) is 17.8 Å². The minimum Gasteiger partial charge on any atom is -0.383 e. The number of likely N-dealkylation sites (tertiary alicyclic amines) is 1. The van der Waals surface area contributed by atoms with Crippen molar-refractivity contribution in [1.82, 2.24) is 15.2 Å². The third-order valence-electron chi connectivity index (χ3n) is 6.96. The van der Waals surface area contributed by atoms with Gasteiger partial charge in [0.05, 0.1) is 5.56 Å². The fraction of sp³-hybridized carbons (Fsp3) is 0.520. The summed E-state index contributed by atoms with van der Waals surface area (Å²) in [5.74, 6) is 0.859. The predicted molar refractivity (Wildman–Crippen MR) is 127 cm³/mol. The monoisotopic (exact) mass is 440 g/mol. The smallest absolute Gasteiger partial charge is 0.255 e. The van der Waals surface area contributed by atoms with E-state index < -0.39 is 0 Å². The first-order valence-corrected chi connectivity index (χ1v) is 11.9. The lowest BCUT2D eigenvalue weighted by molar-refractivity contribution is 0.0923. The van der Waals surface area contributed by atoms with Crippen molar-refractivity contribution in [3.63, 3.8) is 0 Å². The molecule has 6 heteroatoms. The number of carbonyl (C=O) groups excluding carboxylic acids is 1. The highest BCUT2D eigenvalue weighted by molar-refractivity contribution is 6.31. The van der Waals surface area contributed by atoms with Gasteiger partial charge < -0.3 is 11.1 Å². The van der Waals surface area contributed by atoms with Crippen LogP contribution in [0.3, 0.4) is 0 Å². The second-order valence-corrected chi connectivity index (χ2v) is 9.76. The molecule has 166 valence electrons. The molecule has 2 aromatic rings. The molecule has 1 aromatic heterocycles. The molecule has 2 aliphatic rings. The SMILES string of the molecule is CC1CCC(NC(=O)c2cc(-c3ccc(CN4CCCC4C)c(Cl)c3)cnc2N)CC1. The highest BCUT2D eigenvalue weighted by Gasteiger charge is 2.23. The number of hydrogen-bond donors (Lipinski definition) is 2. The van der Waals surface area contributed by atoms with Crippen LogP contribution in [0.15, 0.2) is 30.5 Å². The topological polar surface area (TPSA) is 71.2 Å². The van der Waals surface area contributed by atoms with Crippen LogP contribution in [0.2, 0.25) is 5.02 Å². The maximum absolute atomic E-state index is 12.9. The molecule has 1 atom stereocenters. The fourth-order valence-electron chi connectivity index (χ4n) is 4.78. The first kappa shape index (κ1) is 22.1. The van der Waals surface area contributed by atoms with Gasteiger partial charge in [0.1, 0.15) is 5.82 Å². The number of pyridine rings is 1. The number of halogens is 1. The Bertz CT molecular complexity index is 939. The van der Waals surface area contributed by atoms with Crippen molar-refractivity contribution in [3.05, 3.63) is 46.6 Å². The predicted octanol–water partition coefficient (Wildman–Crippen LogP) is 5.28. The lowest BCUT2D eigenvalue weighted by Gasteiger charge is -2.27. The molecule has 1 unspecified atom stereocenters. The average molecular weight is 441 g/mol. The van der Waals surface area contributed by atoms with Gasteiger partial charge in [0.2, 0.25) is 0 Å². The van der Waals surface area contributed by atoms with Gasteiger partial charge in [-0.2, -0.15) is 0 Å². The van der Waals surface area contributed by atoms with Crippen LogP contribution in [0.25, 0.3) is 11.1 Å². The molecule has 0 spiro atoms. The van der Waals surface area contributed by atoms with E-state index in [1.807, 2.05) is 12.1 Å². The van der Waals surface area contributed by atoms with Crippen molar-refractivity contribution in [2.24, 2.45) is 5.92 Å². The molecule has 0 bridgehead atoms. The summed E-state index contributed by atoms with van der Waals surface area (Å²) in [6, 6.07) is 8.76. The lowest BCUT2D eigenvalue weighted by atomic mass is 9.87. The van der Waals surface area contributed by atoms with E-state index >= 15 is 0 Å². The van der Waals surface area contributed by atoms with Crippen LogP contribution < -0.4 is 11.1 Å². The number of amides is 1. The summed E-state index contributed by atoms with van der Waals surface area (Å²) >= 11 is 6.63. The molecule has 1 saturated heterocycles. The molecule has 31 heavy (non-hydrogen) atoms. The second-order valence-electron chi connectivity index (χ2n) is 9.35. The van der Waals surface area contributed by atoms with Gasteiger partial charge in [0.25, 0.3) is 5.91 Å². The molecule has 1 saturated carbocycles. The van der Waals surface area contributed by atoms with Gasteiger partial charge in [0.15, 0.2) is 0 Å². The largest absolute Gasteiger partial charge is 0.383 e. The van der Waals surface area contributed by atoms with Crippen LogP contribution in [-0.2, 0) is 6.54 Å². The molecule has 1 aliphatic carbocycles. The molecule has 1 aromatic carbocycles. The maximum atomic E-state index is 12.9. The number of carbonyl (C=O) groups is 1. The first-order chi connectivity index (χ1) is 14.9. The Morgan fingerprint density at radius 2 is 1.94 bits per heavy atom. The number of anilines is 1. The number of nitrogens with zero attached hydrogens (tertiary/aromatic N) is 2. The molecule has 4 rings (SSSR count). The Morgan fingerprint density at radius 3 is 2.61 bits per heavy atom. The third kappa shape index (κ3) is 5.21. The van der Waals surface area contributed by atoms with E-state index in [1.54, 1.807) is 6.20 Å². The number of hydrogen-bond acceptors (Lipinski definition) is 4. The Labute approximate surface area is 190 Å². The van der Waals surface area contributed by atoms with Crippen LogP contribution in [0.1, 0.15) is 68.3 Å². The molecule has 3 N–H and O–H groups in total. The summed E-state index contributed by atoms with van der Waals surface area (Å²) in [5.41, 5.74) is 9.40. The molecule has 0 radical (unpaired) electrons. The molecule has 2 heterocycles. The van der Waals surface area contributed by atoms with Gasteiger partial charge in [-0.1, -0.05) is 30.7 Å².